The van der Waals surface area contributed by atoms with Crippen LogP contribution in [-0.2, 0) is 32.0 Å². The molecule has 0 aliphatic rings. The van der Waals surface area contributed by atoms with Gasteiger partial charge in [0.05, 0.1) is 0 Å². The summed E-state index contributed by atoms with van der Waals surface area (Å²) in [6.07, 6.45) is 0. The van der Waals surface area contributed by atoms with Crippen LogP contribution in [0.3, 0.4) is 0 Å². The molecule has 0 aromatic rings. The number of hydrogen-bond donors (Lipinski definition) is 0. The number of rotatable bonds is 0. The third-order valence-electron chi connectivity index (χ3n) is 0. The van der Waals surface area contributed by atoms with Gasteiger partial charge in [-0.25, -0.2) is 0 Å². The maximum atomic E-state index is 8.55. The number of hydrogen-bond acceptors (Lipinski definition) is 8. The van der Waals surface area contributed by atoms with Gasteiger partial charge < -0.3 is 28.4 Å². The summed E-state index contributed by atoms with van der Waals surface area (Å²) in [6, 6.07) is 0. The van der Waals surface area contributed by atoms with Gasteiger partial charge in [0.15, 0.2) is 0 Å². The molecule has 13 heteroatoms. The molecule has 0 aromatic carbocycles. The molecule has 0 amide bonds. The van der Waals surface area contributed by atoms with Crippen molar-refractivity contribution in [1.82, 2.24) is 0 Å². The maximum absolute atomic E-state index is 8.55. The van der Waals surface area contributed by atoms with Crippen LogP contribution in [0.4, 0.5) is 0 Å². The van der Waals surface area contributed by atoms with E-state index in [0.29, 0.717) is 0 Å². The molecule has 0 bridgehead atoms. The van der Waals surface area contributed by atoms with Crippen LogP contribution in [-0.4, -0.2) is 55.3 Å². The first-order chi connectivity index (χ1) is 4.00. The zero-order valence-corrected chi connectivity index (χ0v) is 11.2. The minimum Gasteiger partial charge on any atom is -0.822 e. The average molecular weight is 294 g/mol. The largest absolute Gasteiger partial charge is 2.00 e. The standard InChI is InChI=1S/Ca.Fe.Li.H3O4P.H2O4S/c;;;2*1-5(2,3)4/h;;;(H3,1,2,3,4);(H2,1,2,3,4)/q2*+2;+1;;/p-5. The van der Waals surface area contributed by atoms with Gasteiger partial charge in [-0.15, -0.1) is 0 Å². The molecule has 0 rings (SSSR count). The Kier molecular flexibility index (Phi) is 28.2. The van der Waals surface area contributed by atoms with Crippen molar-refractivity contribution >= 4 is 56.0 Å². The van der Waals surface area contributed by atoms with Crippen LogP contribution in [0.1, 0.15) is 0 Å². The smallest absolute Gasteiger partial charge is 0.822 e. The van der Waals surface area contributed by atoms with E-state index in [2.05, 4.69) is 0 Å². The van der Waals surface area contributed by atoms with E-state index in [4.69, 9.17) is 36.8 Å². The van der Waals surface area contributed by atoms with Crippen molar-refractivity contribution in [1.29, 1.82) is 0 Å². The van der Waals surface area contributed by atoms with Gasteiger partial charge in [0, 0.05) is 10.4 Å². The second kappa shape index (κ2) is 12.4. The Bertz CT molecular complexity index is 202. The van der Waals surface area contributed by atoms with E-state index in [1.165, 1.54) is 0 Å². The van der Waals surface area contributed by atoms with Crippen molar-refractivity contribution in [2.75, 3.05) is 0 Å². The van der Waals surface area contributed by atoms with Gasteiger partial charge in [-0.1, -0.05) is 0 Å². The summed E-state index contributed by atoms with van der Waals surface area (Å²) < 4.78 is 42.6. The van der Waals surface area contributed by atoms with Crippen LogP contribution in [0.2, 0.25) is 0 Å². The fourth-order valence-electron chi connectivity index (χ4n) is 0. The van der Waals surface area contributed by atoms with E-state index in [1.807, 2.05) is 0 Å². The summed E-state index contributed by atoms with van der Waals surface area (Å²) in [5.41, 5.74) is 0. The molecule has 0 fully saturated rings. The van der Waals surface area contributed by atoms with Gasteiger partial charge in [0.2, 0.25) is 0 Å². The van der Waals surface area contributed by atoms with E-state index in [-0.39, 0.29) is 73.7 Å². The Morgan fingerprint density at radius 1 is 1.00 bits per heavy atom. The molecule has 0 aliphatic heterocycles. The van der Waals surface area contributed by atoms with Crippen molar-refractivity contribution in [3.05, 3.63) is 0 Å². The van der Waals surface area contributed by atoms with Gasteiger partial charge in [-0.2, -0.15) is 7.82 Å². The summed E-state index contributed by atoms with van der Waals surface area (Å²) in [5.74, 6) is 0. The van der Waals surface area contributed by atoms with Crippen LogP contribution in [0.5, 0.6) is 0 Å². The van der Waals surface area contributed by atoms with Crippen LogP contribution in [0.25, 0.3) is 0 Å². The summed E-state index contributed by atoms with van der Waals surface area (Å²) >= 11 is 0. The van der Waals surface area contributed by atoms with Crippen LogP contribution in [0, 0.1) is 0 Å². The van der Waals surface area contributed by atoms with Crippen LogP contribution in [0.15, 0.2) is 0 Å². The molecule has 0 N–H and O–H groups in total. The predicted octanol–water partition coefficient (Wildman–Crippen LogP) is -7.54. The molecule has 8 nitrogen and oxygen atoms in total. The van der Waals surface area contributed by atoms with Crippen molar-refractivity contribution in [3.8, 4) is 0 Å². The Morgan fingerprint density at radius 3 is 1.00 bits per heavy atom. The molecule has 0 atom stereocenters. The molecule has 13 heavy (non-hydrogen) atoms. The third kappa shape index (κ3) is 395. The van der Waals surface area contributed by atoms with E-state index in [0.717, 1.165) is 0 Å². The van der Waals surface area contributed by atoms with Gasteiger partial charge in [0.25, 0.3) is 0 Å². The van der Waals surface area contributed by atoms with E-state index in [1.54, 1.807) is 0 Å². The summed E-state index contributed by atoms with van der Waals surface area (Å²) in [4.78, 5) is 25.6. The molecular weight excluding hydrogens is 294 g/mol. The summed E-state index contributed by atoms with van der Waals surface area (Å²) in [5, 5.41) is 0. The van der Waals surface area contributed by atoms with Crippen LogP contribution < -0.4 is 33.5 Å². The van der Waals surface area contributed by atoms with Gasteiger partial charge in [0.1, 0.15) is 0 Å². The molecule has 70 valence electrons. The predicted molar refractivity (Wildman–Crippen MR) is 23.8 cm³/mol. The number of phosphoric acid groups is 1. The van der Waals surface area contributed by atoms with E-state index in [9.17, 15) is 0 Å². The van der Waals surface area contributed by atoms with Gasteiger partial charge >= 0.3 is 73.7 Å². The summed E-state index contributed by atoms with van der Waals surface area (Å²) in [6.45, 7) is 0. The molecule has 0 radical (unpaired) electrons. The van der Waals surface area contributed by atoms with Crippen molar-refractivity contribution in [3.63, 3.8) is 0 Å². The topological polar surface area (TPSA) is 167 Å². The second-order valence-corrected chi connectivity index (χ2v) is 2.57. The molecule has 0 aliphatic carbocycles. The Morgan fingerprint density at radius 2 is 1.00 bits per heavy atom. The van der Waals surface area contributed by atoms with Crippen molar-refractivity contribution in [2.45, 2.75) is 0 Å². The molecule has 0 heterocycles. The van der Waals surface area contributed by atoms with Crippen LogP contribution >= 0.6 is 7.82 Å². The maximum Gasteiger partial charge on any atom is 2.00 e. The fourth-order valence-corrected chi connectivity index (χ4v) is 0. The zero-order chi connectivity index (χ0) is 9.00. The van der Waals surface area contributed by atoms with Crippen molar-refractivity contribution < 1.29 is 72.7 Å². The molecule has 0 saturated heterocycles. The van der Waals surface area contributed by atoms with Gasteiger partial charge in [-0.3, -0.25) is 8.42 Å². The minimum atomic E-state index is -5.39. The first-order valence-corrected chi connectivity index (χ1v) is 4.19. The Hall–Kier alpha value is 2.36. The third-order valence-corrected chi connectivity index (χ3v) is 0. The minimum absolute atomic E-state index is 0. The van der Waals surface area contributed by atoms with E-state index < -0.39 is 18.2 Å². The SMILES string of the molecule is O=P([O-])([O-])[O-].O=S(=O)([O-])[O-].[Ca+2].[Fe+2].[Li+]. The molecule has 0 saturated carbocycles. The molecule has 0 spiro atoms. The molecule has 0 aromatic heterocycles. The second-order valence-electron chi connectivity index (χ2n) is 0.855. The molecule has 0 unspecified atom stereocenters. The van der Waals surface area contributed by atoms with Gasteiger partial charge in [-0.05, 0) is 0 Å². The molecular formula is CaFeLiO8PS. The first kappa shape index (κ1) is 29.5. The zero-order valence-electron chi connectivity index (χ0n) is 6.18. The van der Waals surface area contributed by atoms with E-state index >= 15 is 0 Å². The van der Waals surface area contributed by atoms with Crippen molar-refractivity contribution in [2.24, 2.45) is 0 Å². The quantitative estimate of drug-likeness (QED) is 0.184. The normalized spacial score (nSPS) is 9.00. The average Bonchev–Trinajstić information content (AvgIpc) is 1.12. The first-order valence-electron chi connectivity index (χ1n) is 1.40. The summed E-state index contributed by atoms with van der Waals surface area (Å²) in [7, 11) is -10.6. The Balaban J connectivity index is -0.0000000267. The fraction of sp³-hybridized carbons (Fsp3) is 0. The Labute approximate surface area is 127 Å². The monoisotopic (exact) mass is 294 g/mol.